The van der Waals surface area contributed by atoms with E-state index in [0.717, 1.165) is 6.07 Å². The zero-order valence-corrected chi connectivity index (χ0v) is 15.8. The Labute approximate surface area is 164 Å². The molecule has 150 valence electrons. The molecule has 0 spiro atoms. The van der Waals surface area contributed by atoms with E-state index in [-0.39, 0.29) is 46.2 Å². The number of allylic oxidation sites excluding steroid dienone is 1. The van der Waals surface area contributed by atoms with Gasteiger partial charge in [-0.3, -0.25) is 0 Å². The van der Waals surface area contributed by atoms with Crippen molar-refractivity contribution < 1.29 is 23.0 Å². The van der Waals surface area contributed by atoms with Crippen molar-refractivity contribution >= 4 is 23.3 Å². The maximum atomic E-state index is 14.3. The molecule has 0 aliphatic carbocycles. The Morgan fingerprint density at radius 3 is 2.29 bits per heavy atom. The van der Waals surface area contributed by atoms with Crippen LogP contribution in [0.15, 0.2) is 30.4 Å². The molecule has 0 aliphatic heterocycles. The number of hydrogen-bond acceptors (Lipinski definition) is 8. The van der Waals surface area contributed by atoms with E-state index >= 15 is 0 Å². The lowest BCUT2D eigenvalue weighted by Crippen LogP contribution is -2.13. The number of methoxy groups -OCH3 is 2. The third-order valence-electron chi connectivity index (χ3n) is 3.41. The molecular weight excluding hydrogens is 396 g/mol. The van der Waals surface area contributed by atoms with Crippen LogP contribution in [0.1, 0.15) is 5.56 Å². The molecule has 0 bridgehead atoms. The smallest absolute Gasteiger partial charge is 0.228 e. The average molecular weight is 414 g/mol. The normalized spacial score (nSPS) is 11.1. The largest absolute Gasteiger partial charge is 0.494 e. The number of benzene rings is 1. The Kier molecular flexibility index (Phi) is 7.33. The van der Waals surface area contributed by atoms with Crippen LogP contribution in [0.5, 0.6) is 17.2 Å². The summed E-state index contributed by atoms with van der Waals surface area (Å²) in [4.78, 5) is 7.94. The van der Waals surface area contributed by atoms with Gasteiger partial charge in [0.25, 0.3) is 0 Å². The lowest BCUT2D eigenvalue weighted by molar-refractivity contribution is 0.280. The average Bonchev–Trinajstić information content (AvgIpc) is 2.69. The molecule has 8 nitrogen and oxygen atoms in total. The van der Waals surface area contributed by atoms with Crippen LogP contribution in [0.2, 0.25) is 0 Å². The first kappa shape index (κ1) is 21.2. The van der Waals surface area contributed by atoms with Crippen molar-refractivity contribution in [3.8, 4) is 17.2 Å². The summed E-state index contributed by atoms with van der Waals surface area (Å²) >= 11 is 5.50. The molecule has 0 radical (unpaired) electrons. The molecule has 28 heavy (non-hydrogen) atoms. The summed E-state index contributed by atoms with van der Waals surface area (Å²) in [5.74, 6) is -1.66. The Morgan fingerprint density at radius 1 is 1.21 bits per heavy atom. The van der Waals surface area contributed by atoms with Crippen LogP contribution in [0.3, 0.4) is 0 Å². The summed E-state index contributed by atoms with van der Waals surface area (Å²) in [6.07, 6.45) is 3.91. The Bertz CT molecular complexity index is 850. The fourth-order valence-corrected chi connectivity index (χ4v) is 2.14. The fourth-order valence-electron chi connectivity index (χ4n) is 2.07. The van der Waals surface area contributed by atoms with Crippen molar-refractivity contribution in [2.24, 2.45) is 5.73 Å². The van der Waals surface area contributed by atoms with Crippen LogP contribution in [-0.2, 0) is 6.61 Å². The number of halogens is 3. The number of nitrogens with one attached hydrogen (secondary N) is 2. The lowest BCUT2D eigenvalue weighted by atomic mass is 10.1. The van der Waals surface area contributed by atoms with Gasteiger partial charge < -0.3 is 30.7 Å². The summed E-state index contributed by atoms with van der Waals surface area (Å²) in [6.45, 7) is -0.434. The van der Waals surface area contributed by atoms with Gasteiger partial charge in [-0.1, -0.05) is 0 Å². The van der Waals surface area contributed by atoms with Crippen LogP contribution in [0, 0.1) is 17.0 Å². The predicted octanol–water partition coefficient (Wildman–Crippen LogP) is 2.82. The van der Waals surface area contributed by atoms with Gasteiger partial charge in [0.1, 0.15) is 12.4 Å². The van der Waals surface area contributed by atoms with E-state index in [1.165, 1.54) is 32.7 Å². The number of alkyl halides is 1. The van der Waals surface area contributed by atoms with Gasteiger partial charge in [0.05, 0.1) is 38.1 Å². The van der Waals surface area contributed by atoms with E-state index in [1.807, 2.05) is 0 Å². The summed E-state index contributed by atoms with van der Waals surface area (Å²) in [5, 5.41) is 10.1. The molecule has 4 N–H and O–H groups in total. The molecule has 0 atom stereocenters. The lowest BCUT2D eigenvalue weighted by Gasteiger charge is -2.13. The maximum absolute atomic E-state index is 14.3. The molecule has 0 saturated heterocycles. The van der Waals surface area contributed by atoms with Crippen LogP contribution < -0.4 is 25.3 Å². The molecule has 2 aromatic rings. The number of anilines is 1. The SMILES string of the molecule is COc1cc(OC)c(F)c(COc2cnc(N/C(N)=C/C(=N)CCl)nc2)c1F. The second-order valence-electron chi connectivity index (χ2n) is 5.30. The van der Waals surface area contributed by atoms with Gasteiger partial charge in [0.15, 0.2) is 28.9 Å². The van der Waals surface area contributed by atoms with Gasteiger partial charge >= 0.3 is 0 Å². The third kappa shape index (κ3) is 5.19. The first-order valence-corrected chi connectivity index (χ1v) is 8.34. The van der Waals surface area contributed by atoms with E-state index in [0.29, 0.717) is 0 Å². The highest BCUT2D eigenvalue weighted by Gasteiger charge is 2.20. The quantitative estimate of drug-likeness (QED) is 0.427. The van der Waals surface area contributed by atoms with Crippen LogP contribution in [-0.4, -0.2) is 35.8 Å². The van der Waals surface area contributed by atoms with Crippen molar-refractivity contribution in [1.82, 2.24) is 9.97 Å². The molecule has 2 rings (SSSR count). The zero-order valence-electron chi connectivity index (χ0n) is 15.1. The van der Waals surface area contributed by atoms with Gasteiger partial charge in [-0.25, -0.2) is 18.7 Å². The van der Waals surface area contributed by atoms with Gasteiger partial charge in [-0.15, -0.1) is 11.6 Å². The summed E-state index contributed by atoms with van der Waals surface area (Å²) < 4.78 is 43.7. The predicted molar refractivity (Wildman–Crippen MR) is 100 cm³/mol. The maximum Gasteiger partial charge on any atom is 0.228 e. The highest BCUT2D eigenvalue weighted by molar-refractivity contribution is 6.30. The summed E-state index contributed by atoms with van der Waals surface area (Å²) in [5.41, 5.74) is 5.43. The minimum atomic E-state index is -0.889. The standard InChI is InChI=1S/C17H18ClF2N5O3/c1-26-12-4-13(27-2)16(20)11(15(12)19)8-28-10-6-23-17(24-7-10)25-14(22)3-9(21)5-18/h3-4,6-7,21H,5,8,22H2,1-2H3,(H,23,24,25)/b14-3+,21-9?. The number of hydrogen-bond donors (Lipinski definition) is 3. The fraction of sp³-hybridized carbons (Fsp3) is 0.235. The third-order valence-corrected chi connectivity index (χ3v) is 3.69. The van der Waals surface area contributed by atoms with E-state index < -0.39 is 18.2 Å². The van der Waals surface area contributed by atoms with E-state index in [4.69, 9.17) is 37.0 Å². The second kappa shape index (κ2) is 9.70. The van der Waals surface area contributed by atoms with Crippen LogP contribution in [0.4, 0.5) is 14.7 Å². The second-order valence-corrected chi connectivity index (χ2v) is 5.57. The Morgan fingerprint density at radius 2 is 1.79 bits per heavy atom. The first-order chi connectivity index (χ1) is 13.4. The van der Waals surface area contributed by atoms with Crippen LogP contribution in [0.25, 0.3) is 0 Å². The van der Waals surface area contributed by atoms with E-state index in [1.54, 1.807) is 0 Å². The topological polar surface area (TPSA) is 115 Å². The molecule has 0 saturated carbocycles. The van der Waals surface area contributed by atoms with Crippen molar-refractivity contribution in [1.29, 1.82) is 5.41 Å². The molecule has 1 aromatic heterocycles. The molecular formula is C17H18ClF2N5O3. The number of rotatable bonds is 9. The molecule has 0 fully saturated rings. The summed E-state index contributed by atoms with van der Waals surface area (Å²) in [6, 6.07) is 1.11. The molecule has 0 unspecified atom stereocenters. The van der Waals surface area contributed by atoms with Gasteiger partial charge in [0, 0.05) is 17.9 Å². The van der Waals surface area contributed by atoms with Gasteiger partial charge in [-0.2, -0.15) is 0 Å². The molecule has 1 aromatic carbocycles. The number of nitrogens with two attached hydrogens (primary N) is 1. The Balaban J connectivity index is 2.10. The van der Waals surface area contributed by atoms with Crippen molar-refractivity contribution in [2.45, 2.75) is 6.61 Å². The van der Waals surface area contributed by atoms with E-state index in [2.05, 4.69) is 15.3 Å². The van der Waals surface area contributed by atoms with Crippen molar-refractivity contribution in [2.75, 3.05) is 25.4 Å². The van der Waals surface area contributed by atoms with Crippen LogP contribution >= 0.6 is 11.6 Å². The molecule has 0 amide bonds. The van der Waals surface area contributed by atoms with Gasteiger partial charge in [-0.05, 0) is 0 Å². The highest BCUT2D eigenvalue weighted by Crippen LogP contribution is 2.31. The monoisotopic (exact) mass is 413 g/mol. The van der Waals surface area contributed by atoms with Crippen molar-refractivity contribution in [3.63, 3.8) is 0 Å². The molecule has 0 aliphatic rings. The number of nitrogens with zero attached hydrogens (tertiary/aromatic N) is 2. The molecule has 11 heteroatoms. The Hall–Kier alpha value is -3.14. The summed E-state index contributed by atoms with van der Waals surface area (Å²) in [7, 11) is 2.52. The van der Waals surface area contributed by atoms with Gasteiger partial charge in [0.2, 0.25) is 5.95 Å². The zero-order chi connectivity index (χ0) is 20.7. The van der Waals surface area contributed by atoms with E-state index in [9.17, 15) is 8.78 Å². The van der Waals surface area contributed by atoms with Crippen molar-refractivity contribution in [3.05, 3.63) is 47.6 Å². The number of aromatic nitrogens is 2. The first-order valence-electron chi connectivity index (χ1n) is 7.80. The minimum absolute atomic E-state index is 0.0121. The molecule has 1 heterocycles. The number of ether oxygens (including phenoxy) is 3. The highest BCUT2D eigenvalue weighted by atomic mass is 35.5. The minimum Gasteiger partial charge on any atom is -0.494 e.